The van der Waals surface area contributed by atoms with E-state index in [1.54, 1.807) is 0 Å². The Morgan fingerprint density at radius 1 is 1.36 bits per heavy atom. The smallest absolute Gasteiger partial charge is 0.222 e. The molecule has 1 amide bonds. The molecule has 0 aromatic carbocycles. The maximum absolute atomic E-state index is 10.8. The van der Waals surface area contributed by atoms with Gasteiger partial charge in [0.15, 0.2) is 0 Å². The van der Waals surface area contributed by atoms with E-state index in [4.69, 9.17) is 11.6 Å². The molecule has 0 saturated heterocycles. The zero-order valence-corrected chi connectivity index (χ0v) is 7.28. The van der Waals surface area contributed by atoms with Crippen LogP contribution in [0.25, 0.3) is 0 Å². The first-order valence-corrected chi connectivity index (χ1v) is 3.99. The van der Waals surface area contributed by atoms with E-state index in [1.807, 2.05) is 6.92 Å². The molecule has 0 unspecified atom stereocenters. The molecule has 1 N–H and O–H groups in total. The van der Waals surface area contributed by atoms with Crippen LogP contribution >= 0.6 is 11.6 Å². The molecule has 0 atom stereocenters. The predicted molar refractivity (Wildman–Crippen MR) is 43.4 cm³/mol. The van der Waals surface area contributed by atoms with Crippen LogP contribution < -0.4 is 5.32 Å². The van der Waals surface area contributed by atoms with Crippen molar-refractivity contribution in [1.82, 2.24) is 5.32 Å². The molecule has 0 aliphatic rings. The molecule has 0 aliphatic heterocycles. The normalized spacial score (nSPS) is 9.27. The maximum Gasteiger partial charge on any atom is 0.222 e. The van der Waals surface area contributed by atoms with Crippen molar-refractivity contribution in [3.8, 4) is 0 Å². The van der Waals surface area contributed by atoms with Gasteiger partial charge in [0.05, 0.1) is 0 Å². The van der Waals surface area contributed by atoms with Crippen LogP contribution in [0.2, 0.25) is 0 Å². The molecule has 64 valence electrons. The minimum atomic E-state index is -0.461. The van der Waals surface area contributed by atoms with Crippen molar-refractivity contribution in [2.75, 3.05) is 6.54 Å². The minimum Gasteiger partial charge on any atom is -0.356 e. The molecule has 0 heterocycles. The number of carbonyl (C=O) groups is 2. The third-order valence-corrected chi connectivity index (χ3v) is 1.31. The standard InChI is InChI=1S/C7H12ClNO2/c1-2-5-9-7(11)4-3-6(8)10/h2-5H2,1H3,(H,9,11). The van der Waals surface area contributed by atoms with Crippen LogP contribution in [0.1, 0.15) is 26.2 Å². The number of rotatable bonds is 5. The van der Waals surface area contributed by atoms with Gasteiger partial charge in [-0.2, -0.15) is 0 Å². The zero-order chi connectivity index (χ0) is 8.69. The summed E-state index contributed by atoms with van der Waals surface area (Å²) in [4.78, 5) is 21.0. The lowest BCUT2D eigenvalue weighted by Gasteiger charge is -1.99. The molecule has 0 saturated carbocycles. The highest BCUT2D eigenvalue weighted by Gasteiger charge is 2.02. The Morgan fingerprint density at radius 2 is 2.00 bits per heavy atom. The first-order chi connectivity index (χ1) is 5.16. The fraction of sp³-hybridized carbons (Fsp3) is 0.714. The first kappa shape index (κ1) is 10.4. The second-order valence-electron chi connectivity index (χ2n) is 2.21. The summed E-state index contributed by atoms with van der Waals surface area (Å²) >= 11 is 5.04. The monoisotopic (exact) mass is 177 g/mol. The van der Waals surface area contributed by atoms with E-state index in [2.05, 4.69) is 5.32 Å². The van der Waals surface area contributed by atoms with Gasteiger partial charge in [0.2, 0.25) is 11.1 Å². The van der Waals surface area contributed by atoms with Crippen LogP contribution in [0, 0.1) is 0 Å². The molecule has 0 spiro atoms. The van der Waals surface area contributed by atoms with Gasteiger partial charge in [-0.3, -0.25) is 9.59 Å². The fourth-order valence-corrected chi connectivity index (χ4v) is 0.659. The van der Waals surface area contributed by atoms with Gasteiger partial charge < -0.3 is 5.32 Å². The first-order valence-electron chi connectivity index (χ1n) is 3.61. The van der Waals surface area contributed by atoms with E-state index in [-0.39, 0.29) is 18.7 Å². The van der Waals surface area contributed by atoms with Gasteiger partial charge in [-0.25, -0.2) is 0 Å². The van der Waals surface area contributed by atoms with Crippen LogP contribution in [0.4, 0.5) is 0 Å². The Balaban J connectivity index is 3.30. The molecule has 3 nitrogen and oxygen atoms in total. The van der Waals surface area contributed by atoms with E-state index < -0.39 is 5.24 Å². The van der Waals surface area contributed by atoms with Gasteiger partial charge in [0.1, 0.15) is 0 Å². The zero-order valence-electron chi connectivity index (χ0n) is 6.52. The highest BCUT2D eigenvalue weighted by atomic mass is 35.5. The second kappa shape index (κ2) is 6.16. The SMILES string of the molecule is CCCNC(=O)CCC(=O)Cl. The lowest BCUT2D eigenvalue weighted by atomic mass is 10.3. The molecule has 0 aliphatic carbocycles. The molecule has 11 heavy (non-hydrogen) atoms. The lowest BCUT2D eigenvalue weighted by molar-refractivity contribution is -0.123. The van der Waals surface area contributed by atoms with Crippen LogP contribution in [0.3, 0.4) is 0 Å². The van der Waals surface area contributed by atoms with E-state index in [9.17, 15) is 9.59 Å². The minimum absolute atomic E-state index is 0.110. The van der Waals surface area contributed by atoms with Gasteiger partial charge in [-0.15, -0.1) is 0 Å². The Kier molecular flexibility index (Phi) is 5.84. The van der Waals surface area contributed by atoms with Gasteiger partial charge in [0.25, 0.3) is 0 Å². The van der Waals surface area contributed by atoms with E-state index in [1.165, 1.54) is 0 Å². The molecular formula is C7H12ClNO2. The van der Waals surface area contributed by atoms with Gasteiger partial charge in [0, 0.05) is 19.4 Å². The molecule has 0 aromatic heterocycles. The Labute approximate surface area is 71.1 Å². The molecule has 0 rings (SSSR count). The topological polar surface area (TPSA) is 46.2 Å². The number of amides is 1. The summed E-state index contributed by atoms with van der Waals surface area (Å²) in [7, 11) is 0. The van der Waals surface area contributed by atoms with Crippen LogP contribution in [-0.2, 0) is 9.59 Å². The molecule has 0 radical (unpaired) electrons. The molecule has 0 bridgehead atoms. The van der Waals surface area contributed by atoms with E-state index in [0.29, 0.717) is 6.54 Å². The summed E-state index contributed by atoms with van der Waals surface area (Å²) in [5, 5.41) is 2.18. The molecular weight excluding hydrogens is 166 g/mol. The maximum atomic E-state index is 10.8. The summed E-state index contributed by atoms with van der Waals surface area (Å²) in [6.07, 6.45) is 1.22. The highest BCUT2D eigenvalue weighted by molar-refractivity contribution is 6.63. The quantitative estimate of drug-likeness (QED) is 0.639. The summed E-state index contributed by atoms with van der Waals surface area (Å²) in [6.45, 7) is 2.63. The molecule has 0 aromatic rings. The molecule has 0 fully saturated rings. The Hall–Kier alpha value is -0.570. The van der Waals surface area contributed by atoms with Gasteiger partial charge in [-0.05, 0) is 18.0 Å². The third kappa shape index (κ3) is 7.33. The number of halogens is 1. The highest BCUT2D eigenvalue weighted by Crippen LogP contribution is 1.93. The number of hydrogen-bond donors (Lipinski definition) is 1. The fourth-order valence-electron chi connectivity index (χ4n) is 0.565. The largest absolute Gasteiger partial charge is 0.356 e. The Morgan fingerprint density at radius 3 is 2.45 bits per heavy atom. The average molecular weight is 178 g/mol. The van der Waals surface area contributed by atoms with Crippen LogP contribution in [-0.4, -0.2) is 17.7 Å². The summed E-state index contributed by atoms with van der Waals surface area (Å²) in [5.41, 5.74) is 0. The summed E-state index contributed by atoms with van der Waals surface area (Å²) in [5.74, 6) is -0.110. The summed E-state index contributed by atoms with van der Waals surface area (Å²) in [6, 6.07) is 0. The van der Waals surface area contributed by atoms with Crippen molar-refractivity contribution in [2.45, 2.75) is 26.2 Å². The lowest BCUT2D eigenvalue weighted by Crippen LogP contribution is -2.23. The third-order valence-electron chi connectivity index (χ3n) is 1.12. The average Bonchev–Trinajstić information content (AvgIpc) is 1.97. The Bertz CT molecular complexity index is 147. The van der Waals surface area contributed by atoms with Crippen molar-refractivity contribution < 1.29 is 9.59 Å². The van der Waals surface area contributed by atoms with Crippen molar-refractivity contribution in [1.29, 1.82) is 0 Å². The van der Waals surface area contributed by atoms with Crippen LogP contribution in [0.15, 0.2) is 0 Å². The second-order valence-corrected chi connectivity index (χ2v) is 2.63. The van der Waals surface area contributed by atoms with Crippen molar-refractivity contribution in [3.63, 3.8) is 0 Å². The van der Waals surface area contributed by atoms with E-state index in [0.717, 1.165) is 6.42 Å². The van der Waals surface area contributed by atoms with Crippen LogP contribution in [0.5, 0.6) is 0 Å². The number of carbonyl (C=O) groups excluding carboxylic acids is 2. The van der Waals surface area contributed by atoms with Crippen molar-refractivity contribution >= 4 is 22.8 Å². The number of hydrogen-bond acceptors (Lipinski definition) is 2. The number of nitrogens with one attached hydrogen (secondary N) is 1. The summed E-state index contributed by atoms with van der Waals surface area (Å²) < 4.78 is 0. The predicted octanol–water partition coefficient (Wildman–Crippen LogP) is 1.06. The van der Waals surface area contributed by atoms with Gasteiger partial charge in [-0.1, -0.05) is 6.92 Å². The van der Waals surface area contributed by atoms with Crippen molar-refractivity contribution in [3.05, 3.63) is 0 Å². The van der Waals surface area contributed by atoms with E-state index >= 15 is 0 Å². The molecule has 4 heteroatoms. The van der Waals surface area contributed by atoms with Crippen molar-refractivity contribution in [2.24, 2.45) is 0 Å². The van der Waals surface area contributed by atoms with Gasteiger partial charge >= 0.3 is 0 Å².